The molecule has 1 fully saturated rings. The zero-order valence-corrected chi connectivity index (χ0v) is 12.6. The number of rotatable bonds is 5. The molecule has 1 aliphatic heterocycles. The molecule has 0 aliphatic carbocycles. The van der Waals surface area contributed by atoms with Crippen LogP contribution in [0.4, 0.5) is 4.39 Å². The van der Waals surface area contributed by atoms with Crippen molar-refractivity contribution in [1.29, 1.82) is 0 Å². The SMILES string of the molecule is CCC1OCCC1C(Cc1ccc(F)cc1Br)NN. The van der Waals surface area contributed by atoms with Crippen molar-refractivity contribution in [2.45, 2.75) is 38.3 Å². The second-order valence-electron chi connectivity index (χ2n) is 4.98. The smallest absolute Gasteiger partial charge is 0.124 e. The van der Waals surface area contributed by atoms with E-state index in [0.717, 1.165) is 35.9 Å². The second kappa shape index (κ2) is 6.79. The van der Waals surface area contributed by atoms with Crippen molar-refractivity contribution in [1.82, 2.24) is 5.43 Å². The number of hydrazine groups is 1. The summed E-state index contributed by atoms with van der Waals surface area (Å²) in [7, 11) is 0. The van der Waals surface area contributed by atoms with Gasteiger partial charge < -0.3 is 4.74 Å². The van der Waals surface area contributed by atoms with Gasteiger partial charge in [0.2, 0.25) is 0 Å². The van der Waals surface area contributed by atoms with Gasteiger partial charge in [-0.2, -0.15) is 0 Å². The van der Waals surface area contributed by atoms with Gasteiger partial charge in [0.05, 0.1) is 6.10 Å². The van der Waals surface area contributed by atoms with Crippen LogP contribution < -0.4 is 11.3 Å². The molecule has 1 aliphatic rings. The van der Waals surface area contributed by atoms with Crippen LogP contribution in [0.15, 0.2) is 22.7 Å². The zero-order valence-electron chi connectivity index (χ0n) is 11.0. The van der Waals surface area contributed by atoms with Gasteiger partial charge in [0.25, 0.3) is 0 Å². The quantitative estimate of drug-likeness (QED) is 0.644. The fourth-order valence-corrected chi connectivity index (χ4v) is 3.32. The van der Waals surface area contributed by atoms with Gasteiger partial charge in [-0.25, -0.2) is 4.39 Å². The zero-order chi connectivity index (χ0) is 13.8. The Morgan fingerprint density at radius 2 is 2.37 bits per heavy atom. The summed E-state index contributed by atoms with van der Waals surface area (Å²) in [5.41, 5.74) is 3.97. The second-order valence-corrected chi connectivity index (χ2v) is 5.84. The lowest BCUT2D eigenvalue weighted by Gasteiger charge is -2.27. The molecule has 1 heterocycles. The predicted octanol–water partition coefficient (Wildman–Crippen LogP) is 2.78. The summed E-state index contributed by atoms with van der Waals surface area (Å²) in [6, 6.07) is 4.93. The molecule has 3 atom stereocenters. The van der Waals surface area contributed by atoms with Crippen LogP contribution in [0.5, 0.6) is 0 Å². The Morgan fingerprint density at radius 3 is 3.00 bits per heavy atom. The molecular weight excluding hydrogens is 311 g/mol. The minimum Gasteiger partial charge on any atom is -0.378 e. The first-order valence-corrected chi connectivity index (χ1v) is 7.46. The van der Waals surface area contributed by atoms with E-state index in [9.17, 15) is 4.39 Å². The Hall–Kier alpha value is -0.490. The van der Waals surface area contributed by atoms with Crippen LogP contribution in [0.25, 0.3) is 0 Å². The molecular formula is C14H20BrFN2O. The van der Waals surface area contributed by atoms with Crippen molar-refractivity contribution in [3.63, 3.8) is 0 Å². The van der Waals surface area contributed by atoms with Gasteiger partial charge in [0.1, 0.15) is 5.82 Å². The molecule has 3 nitrogen and oxygen atoms in total. The van der Waals surface area contributed by atoms with Crippen molar-refractivity contribution in [3.8, 4) is 0 Å². The number of ether oxygens (including phenoxy) is 1. The van der Waals surface area contributed by atoms with Crippen LogP contribution in [-0.4, -0.2) is 18.8 Å². The number of hydrogen-bond donors (Lipinski definition) is 2. The molecule has 0 radical (unpaired) electrons. The Balaban J connectivity index is 2.10. The highest BCUT2D eigenvalue weighted by atomic mass is 79.9. The standard InChI is InChI=1S/C14H20BrFN2O/c1-2-14-11(5-6-19-14)13(18-17)7-9-3-4-10(16)8-12(9)15/h3-4,8,11,13-14,18H,2,5-7,17H2,1H3. The molecule has 0 saturated carbocycles. The topological polar surface area (TPSA) is 47.3 Å². The summed E-state index contributed by atoms with van der Waals surface area (Å²) in [4.78, 5) is 0. The molecule has 1 aromatic carbocycles. The van der Waals surface area contributed by atoms with Crippen molar-refractivity contribution in [2.75, 3.05) is 6.61 Å². The third kappa shape index (κ3) is 3.54. The lowest BCUT2D eigenvalue weighted by atomic mass is 9.87. The van der Waals surface area contributed by atoms with E-state index >= 15 is 0 Å². The fraction of sp³-hybridized carbons (Fsp3) is 0.571. The van der Waals surface area contributed by atoms with Crippen LogP contribution in [0.2, 0.25) is 0 Å². The van der Waals surface area contributed by atoms with Crippen LogP contribution >= 0.6 is 15.9 Å². The minimum atomic E-state index is -0.233. The van der Waals surface area contributed by atoms with E-state index < -0.39 is 0 Å². The lowest BCUT2D eigenvalue weighted by Crippen LogP contribution is -2.45. The first-order valence-electron chi connectivity index (χ1n) is 6.67. The van der Waals surface area contributed by atoms with Gasteiger partial charge >= 0.3 is 0 Å². The summed E-state index contributed by atoms with van der Waals surface area (Å²) in [5, 5.41) is 0. The first kappa shape index (κ1) is 14.9. The van der Waals surface area contributed by atoms with Crippen molar-refractivity contribution >= 4 is 15.9 Å². The van der Waals surface area contributed by atoms with E-state index in [0.29, 0.717) is 5.92 Å². The van der Waals surface area contributed by atoms with Crippen molar-refractivity contribution in [2.24, 2.45) is 11.8 Å². The van der Waals surface area contributed by atoms with Gasteiger partial charge in [-0.3, -0.25) is 11.3 Å². The number of hydrogen-bond acceptors (Lipinski definition) is 3. The van der Waals surface area contributed by atoms with Crippen molar-refractivity contribution < 1.29 is 9.13 Å². The molecule has 106 valence electrons. The Kier molecular flexibility index (Phi) is 5.33. The van der Waals surface area contributed by atoms with E-state index in [-0.39, 0.29) is 18.0 Å². The van der Waals surface area contributed by atoms with Gasteiger partial charge in [0, 0.05) is 23.0 Å². The van der Waals surface area contributed by atoms with E-state index in [1.165, 1.54) is 12.1 Å². The van der Waals surface area contributed by atoms with Gasteiger partial charge in [-0.15, -0.1) is 0 Å². The Labute approximate surface area is 121 Å². The normalized spacial score (nSPS) is 24.6. The maximum atomic E-state index is 13.1. The van der Waals surface area contributed by atoms with Gasteiger partial charge in [-0.1, -0.05) is 28.9 Å². The molecule has 0 aromatic heterocycles. The first-order chi connectivity index (χ1) is 9.15. The Bertz CT molecular complexity index is 430. The van der Waals surface area contributed by atoms with E-state index in [4.69, 9.17) is 10.6 Å². The molecule has 19 heavy (non-hydrogen) atoms. The maximum Gasteiger partial charge on any atom is 0.124 e. The monoisotopic (exact) mass is 330 g/mol. The third-order valence-corrected chi connectivity index (χ3v) is 4.59. The maximum absolute atomic E-state index is 13.1. The summed E-state index contributed by atoms with van der Waals surface area (Å²) < 4.78 is 19.6. The lowest BCUT2D eigenvalue weighted by molar-refractivity contribution is 0.0774. The van der Waals surface area contributed by atoms with Crippen LogP contribution in [0, 0.1) is 11.7 Å². The molecule has 1 saturated heterocycles. The predicted molar refractivity (Wildman–Crippen MR) is 77.1 cm³/mol. The molecule has 0 bridgehead atoms. The Morgan fingerprint density at radius 1 is 1.58 bits per heavy atom. The van der Waals surface area contributed by atoms with Crippen LogP contribution in [-0.2, 0) is 11.2 Å². The largest absolute Gasteiger partial charge is 0.378 e. The minimum absolute atomic E-state index is 0.147. The van der Waals surface area contributed by atoms with Crippen LogP contribution in [0.3, 0.4) is 0 Å². The number of benzene rings is 1. The summed E-state index contributed by atoms with van der Waals surface area (Å²) in [6.07, 6.45) is 3.04. The highest BCUT2D eigenvalue weighted by molar-refractivity contribution is 9.10. The van der Waals surface area contributed by atoms with Gasteiger partial charge in [0.15, 0.2) is 0 Å². The van der Waals surface area contributed by atoms with E-state index in [2.05, 4.69) is 28.3 Å². The number of nitrogens with two attached hydrogens (primary N) is 1. The highest BCUT2D eigenvalue weighted by Gasteiger charge is 2.33. The highest BCUT2D eigenvalue weighted by Crippen LogP contribution is 2.29. The number of nitrogens with one attached hydrogen (secondary N) is 1. The van der Waals surface area contributed by atoms with Gasteiger partial charge in [-0.05, 0) is 37.0 Å². The van der Waals surface area contributed by atoms with E-state index in [1.807, 2.05) is 0 Å². The molecule has 0 spiro atoms. The van der Waals surface area contributed by atoms with E-state index in [1.54, 1.807) is 6.07 Å². The average molecular weight is 331 g/mol. The summed E-state index contributed by atoms with van der Waals surface area (Å²) >= 11 is 3.41. The molecule has 1 aromatic rings. The van der Waals surface area contributed by atoms with Crippen LogP contribution in [0.1, 0.15) is 25.3 Å². The molecule has 0 amide bonds. The number of halogens is 2. The summed E-state index contributed by atoms with van der Waals surface area (Å²) in [6.45, 7) is 2.93. The molecule has 2 rings (SSSR count). The molecule has 5 heteroatoms. The van der Waals surface area contributed by atoms with Crippen molar-refractivity contribution in [3.05, 3.63) is 34.1 Å². The average Bonchev–Trinajstić information content (AvgIpc) is 2.86. The third-order valence-electron chi connectivity index (χ3n) is 3.85. The molecule has 3 N–H and O–H groups in total. The fourth-order valence-electron chi connectivity index (χ4n) is 2.80. The summed E-state index contributed by atoms with van der Waals surface area (Å²) in [5.74, 6) is 5.88. The molecule has 3 unspecified atom stereocenters.